The fourth-order valence-electron chi connectivity index (χ4n) is 1.50. The molecule has 0 aliphatic rings. The maximum Gasteiger partial charge on any atom is 0.113 e. The zero-order valence-corrected chi connectivity index (χ0v) is 6.36. The zero-order chi connectivity index (χ0) is 7.97. The summed E-state index contributed by atoms with van der Waals surface area (Å²) >= 11 is 0. The molecule has 1 N–H and O–H groups in total. The molecule has 3 heteroatoms. The maximum atomic E-state index is 4.29. The maximum absolute atomic E-state index is 4.29. The van der Waals surface area contributed by atoms with Crippen LogP contribution in [0.1, 0.15) is 0 Å². The van der Waals surface area contributed by atoms with Crippen molar-refractivity contribution in [2.24, 2.45) is 0 Å². The number of fused-ring (bicyclic) bond motifs is 3. The molecule has 0 fully saturated rings. The molecule has 0 unspecified atom stereocenters. The summed E-state index contributed by atoms with van der Waals surface area (Å²) in [6, 6.07) is 8.00. The van der Waals surface area contributed by atoms with Gasteiger partial charge in [-0.3, -0.25) is 14.6 Å². The molecule has 0 spiro atoms. The highest BCUT2D eigenvalue weighted by atomic mass is 15.2. The smallest absolute Gasteiger partial charge is 0.113 e. The molecule has 0 aliphatic heterocycles. The zero-order valence-electron chi connectivity index (χ0n) is 6.36. The van der Waals surface area contributed by atoms with E-state index >= 15 is 0 Å². The van der Waals surface area contributed by atoms with E-state index in [0.717, 1.165) is 16.6 Å². The lowest BCUT2D eigenvalue weighted by molar-refractivity contribution is 0.999. The summed E-state index contributed by atoms with van der Waals surface area (Å²) in [6.07, 6.45) is 3.79. The molecule has 12 heavy (non-hydrogen) atoms. The number of hydrogen-bond acceptors (Lipinski definition) is 1. The average molecular weight is 157 g/mol. The van der Waals surface area contributed by atoms with E-state index in [4.69, 9.17) is 0 Å². The molecule has 58 valence electrons. The molecule has 0 atom stereocenters. The monoisotopic (exact) mass is 157 g/mol. The minimum atomic E-state index is 1.03. The summed E-state index contributed by atoms with van der Waals surface area (Å²) in [5.74, 6) is 0. The number of aromatic nitrogens is 3. The first-order chi connectivity index (χ1) is 5.95. The van der Waals surface area contributed by atoms with Crippen LogP contribution in [0.2, 0.25) is 0 Å². The van der Waals surface area contributed by atoms with E-state index < -0.39 is 0 Å². The molecular formula is C9H7N3. The Bertz CT molecular complexity index is 532. The lowest BCUT2D eigenvalue weighted by atomic mass is 10.3. The van der Waals surface area contributed by atoms with Crippen molar-refractivity contribution in [1.82, 2.24) is 14.6 Å². The highest BCUT2D eigenvalue weighted by molar-refractivity contribution is 5.90. The number of aromatic amines is 1. The molecule has 3 aromatic rings. The van der Waals surface area contributed by atoms with Crippen LogP contribution in [0.3, 0.4) is 0 Å². The number of hydrogen-bond donors (Lipinski definition) is 1. The highest BCUT2D eigenvalue weighted by Gasteiger charge is 2.01. The van der Waals surface area contributed by atoms with Gasteiger partial charge in [-0.05, 0) is 24.3 Å². The van der Waals surface area contributed by atoms with Gasteiger partial charge in [0.1, 0.15) is 5.52 Å². The largest absolute Gasteiger partial charge is 0.292 e. The van der Waals surface area contributed by atoms with Crippen molar-refractivity contribution in [2.45, 2.75) is 0 Å². The molecular weight excluding hydrogens is 150 g/mol. The Kier molecular flexibility index (Phi) is 0.913. The fraction of sp³-hybridized carbons (Fsp3) is 0. The van der Waals surface area contributed by atoms with Gasteiger partial charge in [0.05, 0.1) is 11.0 Å². The number of nitrogens with zero attached hydrogens (tertiary/aromatic N) is 2. The van der Waals surface area contributed by atoms with Crippen LogP contribution < -0.4 is 0 Å². The van der Waals surface area contributed by atoms with E-state index in [0.29, 0.717) is 0 Å². The summed E-state index contributed by atoms with van der Waals surface area (Å²) < 4.78 is 1.97. The molecule has 0 aliphatic carbocycles. The van der Waals surface area contributed by atoms with Crippen LogP contribution in [0, 0.1) is 0 Å². The second kappa shape index (κ2) is 1.88. The standard InChI is InChI=1S/C9H7N3/c1-3-7-9(10-5-1)8-4-2-6-12(8)11-7/h1-6,11H. The van der Waals surface area contributed by atoms with E-state index in [9.17, 15) is 0 Å². The minimum Gasteiger partial charge on any atom is -0.292 e. The lowest BCUT2D eigenvalue weighted by Gasteiger charge is -1.83. The second-order valence-corrected chi connectivity index (χ2v) is 2.77. The second-order valence-electron chi connectivity index (χ2n) is 2.77. The van der Waals surface area contributed by atoms with Gasteiger partial charge in [-0.15, -0.1) is 0 Å². The summed E-state index contributed by atoms with van der Waals surface area (Å²) in [5.41, 5.74) is 3.24. The van der Waals surface area contributed by atoms with Gasteiger partial charge in [0.25, 0.3) is 0 Å². The van der Waals surface area contributed by atoms with Crippen LogP contribution in [0.15, 0.2) is 36.7 Å². The van der Waals surface area contributed by atoms with E-state index in [1.54, 1.807) is 0 Å². The summed E-state index contributed by atoms with van der Waals surface area (Å²) in [5, 5.41) is 3.21. The van der Waals surface area contributed by atoms with Crippen LogP contribution in [-0.2, 0) is 0 Å². The third-order valence-electron chi connectivity index (χ3n) is 2.04. The number of H-pyrrole nitrogens is 1. The number of nitrogens with one attached hydrogen (secondary N) is 1. The van der Waals surface area contributed by atoms with Crippen molar-refractivity contribution in [1.29, 1.82) is 0 Å². The van der Waals surface area contributed by atoms with Crippen molar-refractivity contribution in [2.75, 3.05) is 0 Å². The van der Waals surface area contributed by atoms with Crippen LogP contribution in [0.4, 0.5) is 0 Å². The molecule has 3 nitrogen and oxygen atoms in total. The van der Waals surface area contributed by atoms with E-state index in [1.807, 2.05) is 41.2 Å². The Balaban J connectivity index is 2.68. The Morgan fingerprint density at radius 2 is 2.25 bits per heavy atom. The molecule has 3 aromatic heterocycles. The lowest BCUT2D eigenvalue weighted by Crippen LogP contribution is -1.75. The van der Waals surface area contributed by atoms with Gasteiger partial charge in [-0.1, -0.05) is 0 Å². The molecule has 0 aromatic carbocycles. The molecule has 0 bridgehead atoms. The van der Waals surface area contributed by atoms with Gasteiger partial charge in [-0.25, -0.2) is 0 Å². The predicted molar refractivity (Wildman–Crippen MR) is 47.0 cm³/mol. The van der Waals surface area contributed by atoms with Crippen LogP contribution in [0.25, 0.3) is 16.6 Å². The highest BCUT2D eigenvalue weighted by Crippen LogP contribution is 2.16. The van der Waals surface area contributed by atoms with E-state index in [-0.39, 0.29) is 0 Å². The number of rotatable bonds is 0. The third kappa shape index (κ3) is 0.580. The Morgan fingerprint density at radius 1 is 1.25 bits per heavy atom. The summed E-state index contributed by atoms with van der Waals surface area (Å²) in [6.45, 7) is 0. The van der Waals surface area contributed by atoms with Crippen molar-refractivity contribution in [3.8, 4) is 0 Å². The van der Waals surface area contributed by atoms with Crippen LogP contribution >= 0.6 is 0 Å². The minimum absolute atomic E-state index is 1.03. The Hall–Kier alpha value is -1.77. The van der Waals surface area contributed by atoms with Gasteiger partial charge >= 0.3 is 0 Å². The molecule has 0 amide bonds. The van der Waals surface area contributed by atoms with Gasteiger partial charge < -0.3 is 0 Å². The van der Waals surface area contributed by atoms with Gasteiger partial charge in [0.2, 0.25) is 0 Å². The van der Waals surface area contributed by atoms with E-state index in [2.05, 4.69) is 10.1 Å². The normalized spacial score (nSPS) is 11.3. The molecule has 0 radical (unpaired) electrons. The van der Waals surface area contributed by atoms with Gasteiger partial charge in [-0.2, -0.15) is 0 Å². The summed E-state index contributed by atoms with van der Waals surface area (Å²) in [7, 11) is 0. The summed E-state index contributed by atoms with van der Waals surface area (Å²) in [4.78, 5) is 4.29. The van der Waals surface area contributed by atoms with Crippen LogP contribution in [0.5, 0.6) is 0 Å². The first-order valence-corrected chi connectivity index (χ1v) is 3.85. The fourth-order valence-corrected chi connectivity index (χ4v) is 1.50. The quantitative estimate of drug-likeness (QED) is 0.530. The van der Waals surface area contributed by atoms with Crippen LogP contribution in [-0.4, -0.2) is 14.6 Å². The molecule has 0 saturated heterocycles. The predicted octanol–water partition coefficient (Wildman–Crippen LogP) is 1.82. The van der Waals surface area contributed by atoms with Crippen molar-refractivity contribution >= 4 is 16.6 Å². The number of pyridine rings is 1. The molecule has 3 rings (SSSR count). The SMILES string of the molecule is c1cnc2c(c1)[nH]n1cccc21. The Morgan fingerprint density at radius 3 is 3.25 bits per heavy atom. The van der Waals surface area contributed by atoms with Crippen molar-refractivity contribution in [3.05, 3.63) is 36.7 Å². The van der Waals surface area contributed by atoms with Gasteiger partial charge in [0, 0.05) is 12.4 Å². The van der Waals surface area contributed by atoms with Gasteiger partial charge in [0.15, 0.2) is 0 Å². The average Bonchev–Trinajstić information content (AvgIpc) is 2.62. The van der Waals surface area contributed by atoms with Crippen molar-refractivity contribution in [3.63, 3.8) is 0 Å². The first-order valence-electron chi connectivity index (χ1n) is 3.85. The first kappa shape index (κ1) is 5.83. The molecule has 0 saturated carbocycles. The van der Waals surface area contributed by atoms with Crippen molar-refractivity contribution < 1.29 is 0 Å². The van der Waals surface area contributed by atoms with E-state index in [1.165, 1.54) is 0 Å². The Labute approximate surface area is 68.6 Å². The third-order valence-corrected chi connectivity index (χ3v) is 2.04. The topological polar surface area (TPSA) is 33.1 Å². The molecule has 3 heterocycles.